The number of benzene rings is 2. The molecule has 0 aliphatic rings. The average Bonchev–Trinajstić information content (AvgIpc) is 2.42. The molecule has 0 amide bonds. The molecule has 0 aliphatic heterocycles. The van der Waals surface area contributed by atoms with Crippen LogP contribution in [0.4, 0.5) is 14.5 Å². The van der Waals surface area contributed by atoms with Gasteiger partial charge in [0, 0.05) is 17.3 Å². The molecule has 4 heteroatoms. The summed E-state index contributed by atoms with van der Waals surface area (Å²) in [5.41, 5.74) is 1.10. The fourth-order valence-electron chi connectivity index (χ4n) is 2.02. The molecule has 2 nitrogen and oxygen atoms in total. The normalized spacial score (nSPS) is 12.0. The predicted molar refractivity (Wildman–Crippen MR) is 76.0 cm³/mol. The van der Waals surface area contributed by atoms with Gasteiger partial charge in [0.1, 0.15) is 5.75 Å². The van der Waals surface area contributed by atoms with Crippen molar-refractivity contribution in [2.45, 2.75) is 19.9 Å². The Morgan fingerprint density at radius 3 is 2.65 bits per heavy atom. The Hall–Kier alpha value is -2.10. The fraction of sp³-hybridized carbons (Fsp3) is 0.250. The fourth-order valence-corrected chi connectivity index (χ4v) is 2.02. The molecule has 2 rings (SSSR count). The molecule has 2 aromatic carbocycles. The maximum atomic E-state index is 13.7. The summed E-state index contributed by atoms with van der Waals surface area (Å²) in [4.78, 5) is 0. The van der Waals surface area contributed by atoms with E-state index in [1.54, 1.807) is 13.0 Å². The Morgan fingerprint density at radius 1 is 1.15 bits per heavy atom. The topological polar surface area (TPSA) is 21.3 Å². The van der Waals surface area contributed by atoms with Gasteiger partial charge >= 0.3 is 0 Å². The van der Waals surface area contributed by atoms with Crippen molar-refractivity contribution in [3.63, 3.8) is 0 Å². The lowest BCUT2D eigenvalue weighted by atomic mass is 10.1. The van der Waals surface area contributed by atoms with E-state index in [-0.39, 0.29) is 6.04 Å². The standard InChI is InChI=1S/C16H17F2NO/c1-3-20-13-7-4-6-12(10-13)19-11(2)14-8-5-9-15(17)16(14)18/h4-11,19H,3H2,1-2H3. The van der Waals surface area contributed by atoms with Crippen molar-refractivity contribution in [1.82, 2.24) is 0 Å². The summed E-state index contributed by atoms with van der Waals surface area (Å²) in [6, 6.07) is 11.2. The lowest BCUT2D eigenvalue weighted by molar-refractivity contribution is 0.340. The molecule has 1 unspecified atom stereocenters. The van der Waals surface area contributed by atoms with E-state index in [4.69, 9.17) is 4.74 Å². The molecule has 0 heterocycles. The van der Waals surface area contributed by atoms with Gasteiger partial charge in [-0.05, 0) is 32.0 Å². The van der Waals surface area contributed by atoms with Crippen LogP contribution in [-0.2, 0) is 0 Å². The van der Waals surface area contributed by atoms with Crippen molar-refractivity contribution in [1.29, 1.82) is 0 Å². The lowest BCUT2D eigenvalue weighted by Crippen LogP contribution is -2.09. The molecule has 0 saturated heterocycles. The first-order valence-corrected chi connectivity index (χ1v) is 6.55. The maximum Gasteiger partial charge on any atom is 0.164 e. The third kappa shape index (κ3) is 3.26. The van der Waals surface area contributed by atoms with Crippen LogP contribution in [0.3, 0.4) is 0 Å². The van der Waals surface area contributed by atoms with Crippen LogP contribution in [0.2, 0.25) is 0 Å². The van der Waals surface area contributed by atoms with Gasteiger partial charge in [0.2, 0.25) is 0 Å². The highest BCUT2D eigenvalue weighted by Gasteiger charge is 2.14. The first-order valence-electron chi connectivity index (χ1n) is 6.55. The van der Waals surface area contributed by atoms with Gasteiger partial charge in [-0.25, -0.2) is 8.78 Å². The molecule has 20 heavy (non-hydrogen) atoms. The Labute approximate surface area is 117 Å². The smallest absolute Gasteiger partial charge is 0.164 e. The van der Waals surface area contributed by atoms with Crippen LogP contribution in [0.15, 0.2) is 42.5 Å². The largest absolute Gasteiger partial charge is 0.494 e. The Balaban J connectivity index is 2.17. The minimum atomic E-state index is -0.834. The van der Waals surface area contributed by atoms with Crippen molar-refractivity contribution < 1.29 is 13.5 Å². The highest BCUT2D eigenvalue weighted by Crippen LogP contribution is 2.25. The van der Waals surface area contributed by atoms with Crippen LogP contribution >= 0.6 is 0 Å². The summed E-state index contributed by atoms with van der Waals surface area (Å²) in [6.07, 6.45) is 0. The van der Waals surface area contributed by atoms with E-state index in [1.165, 1.54) is 6.07 Å². The molecule has 0 spiro atoms. The van der Waals surface area contributed by atoms with Gasteiger partial charge in [-0.1, -0.05) is 18.2 Å². The van der Waals surface area contributed by atoms with Gasteiger partial charge in [-0.2, -0.15) is 0 Å². The molecule has 2 aromatic rings. The van der Waals surface area contributed by atoms with Crippen LogP contribution in [-0.4, -0.2) is 6.61 Å². The summed E-state index contributed by atoms with van der Waals surface area (Å²) in [5.74, 6) is -0.905. The van der Waals surface area contributed by atoms with E-state index in [0.29, 0.717) is 12.2 Å². The third-order valence-corrected chi connectivity index (χ3v) is 2.98. The first kappa shape index (κ1) is 14.3. The number of rotatable bonds is 5. The van der Waals surface area contributed by atoms with Gasteiger partial charge in [0.15, 0.2) is 11.6 Å². The van der Waals surface area contributed by atoms with Gasteiger partial charge in [0.05, 0.1) is 12.6 Å². The Kier molecular flexibility index (Phi) is 4.56. The second-order valence-corrected chi connectivity index (χ2v) is 4.47. The molecule has 106 valence electrons. The molecule has 0 radical (unpaired) electrons. The number of hydrogen-bond acceptors (Lipinski definition) is 2. The lowest BCUT2D eigenvalue weighted by Gasteiger charge is -2.17. The molecular formula is C16H17F2NO. The molecule has 0 aliphatic carbocycles. The first-order chi connectivity index (χ1) is 9.61. The zero-order chi connectivity index (χ0) is 14.5. The number of halogens is 2. The van der Waals surface area contributed by atoms with Gasteiger partial charge in [-0.15, -0.1) is 0 Å². The zero-order valence-corrected chi connectivity index (χ0v) is 11.5. The minimum absolute atomic E-state index is 0.298. The van der Waals surface area contributed by atoms with Crippen LogP contribution in [0, 0.1) is 11.6 Å². The van der Waals surface area contributed by atoms with Crippen molar-refractivity contribution in [2.24, 2.45) is 0 Å². The Bertz CT molecular complexity index is 586. The monoisotopic (exact) mass is 277 g/mol. The second kappa shape index (κ2) is 6.37. The van der Waals surface area contributed by atoms with E-state index in [1.807, 2.05) is 31.2 Å². The zero-order valence-electron chi connectivity index (χ0n) is 11.5. The molecular weight excluding hydrogens is 260 g/mol. The van der Waals surface area contributed by atoms with E-state index >= 15 is 0 Å². The van der Waals surface area contributed by atoms with Gasteiger partial charge < -0.3 is 10.1 Å². The van der Waals surface area contributed by atoms with Gasteiger partial charge in [0.25, 0.3) is 0 Å². The molecule has 0 saturated carbocycles. The molecule has 0 bridgehead atoms. The highest BCUT2D eigenvalue weighted by molar-refractivity contribution is 5.49. The second-order valence-electron chi connectivity index (χ2n) is 4.47. The van der Waals surface area contributed by atoms with Crippen LogP contribution < -0.4 is 10.1 Å². The number of ether oxygens (including phenoxy) is 1. The molecule has 0 fully saturated rings. The van der Waals surface area contributed by atoms with Crippen LogP contribution in [0.1, 0.15) is 25.5 Å². The van der Waals surface area contributed by atoms with Crippen molar-refractivity contribution >= 4 is 5.69 Å². The molecule has 1 atom stereocenters. The minimum Gasteiger partial charge on any atom is -0.494 e. The van der Waals surface area contributed by atoms with Crippen molar-refractivity contribution in [2.75, 3.05) is 11.9 Å². The predicted octanol–water partition coefficient (Wildman–Crippen LogP) is 4.54. The number of nitrogens with one attached hydrogen (secondary N) is 1. The summed E-state index contributed by atoms with van der Waals surface area (Å²) in [5, 5.41) is 3.14. The third-order valence-electron chi connectivity index (χ3n) is 2.98. The summed E-state index contributed by atoms with van der Waals surface area (Å²) in [6.45, 7) is 4.27. The molecule has 1 N–H and O–H groups in total. The Morgan fingerprint density at radius 2 is 1.90 bits per heavy atom. The van der Waals surface area contributed by atoms with E-state index in [9.17, 15) is 8.78 Å². The highest BCUT2D eigenvalue weighted by atomic mass is 19.2. The van der Waals surface area contributed by atoms with Crippen LogP contribution in [0.5, 0.6) is 5.75 Å². The van der Waals surface area contributed by atoms with E-state index in [0.717, 1.165) is 17.5 Å². The number of hydrogen-bond donors (Lipinski definition) is 1. The quantitative estimate of drug-likeness (QED) is 0.866. The summed E-state index contributed by atoms with van der Waals surface area (Å²) in [7, 11) is 0. The van der Waals surface area contributed by atoms with Crippen molar-refractivity contribution in [3.05, 3.63) is 59.7 Å². The number of anilines is 1. The average molecular weight is 277 g/mol. The summed E-state index contributed by atoms with van der Waals surface area (Å²) < 4.78 is 32.3. The summed E-state index contributed by atoms with van der Waals surface area (Å²) >= 11 is 0. The van der Waals surface area contributed by atoms with Gasteiger partial charge in [-0.3, -0.25) is 0 Å². The SMILES string of the molecule is CCOc1cccc(NC(C)c2cccc(F)c2F)c1. The maximum absolute atomic E-state index is 13.7. The van der Waals surface area contributed by atoms with E-state index in [2.05, 4.69) is 5.32 Å². The van der Waals surface area contributed by atoms with Crippen molar-refractivity contribution in [3.8, 4) is 5.75 Å². The van der Waals surface area contributed by atoms with E-state index < -0.39 is 11.6 Å². The molecule has 0 aromatic heterocycles. The van der Waals surface area contributed by atoms with Crippen LogP contribution in [0.25, 0.3) is 0 Å².